The van der Waals surface area contributed by atoms with Gasteiger partial charge in [0.15, 0.2) is 0 Å². The summed E-state index contributed by atoms with van der Waals surface area (Å²) in [7, 11) is 0. The molecule has 0 bridgehead atoms. The van der Waals surface area contributed by atoms with E-state index in [1.165, 1.54) is 0 Å². The van der Waals surface area contributed by atoms with Crippen LogP contribution in [-0.2, 0) is 0 Å². The highest BCUT2D eigenvalue weighted by atomic mass is 15.0. The highest BCUT2D eigenvalue weighted by Crippen LogP contribution is 1.95. The number of aromatic nitrogens is 2. The Hall–Kier alpha value is -2.01. The molecule has 1 heterocycles. The highest BCUT2D eigenvalue weighted by Gasteiger charge is 1.87. The Labute approximate surface area is 83.2 Å². The van der Waals surface area contributed by atoms with Crippen LogP contribution in [0.25, 0.3) is 0 Å². The average molecular weight is 182 g/mol. The summed E-state index contributed by atoms with van der Waals surface area (Å²) in [6.45, 7) is 1.95. The molecule has 1 aromatic carbocycles. The second-order valence-electron chi connectivity index (χ2n) is 3.03. The lowest BCUT2D eigenvalue weighted by atomic mass is 10.2. The number of hydrogen-bond donors (Lipinski definition) is 0. The molecule has 0 aliphatic heterocycles. The third-order valence-corrected chi connectivity index (χ3v) is 1.81. The number of rotatable bonds is 0. The van der Waals surface area contributed by atoms with Crippen molar-refractivity contribution in [2.24, 2.45) is 0 Å². The SMILES string of the molecule is Cc1cn(C#Cc2ccccc2)cn1. The Kier molecular flexibility index (Phi) is 2.33. The summed E-state index contributed by atoms with van der Waals surface area (Å²) < 4.78 is 1.77. The molecular formula is C12H10N2. The lowest BCUT2D eigenvalue weighted by Crippen LogP contribution is -1.82. The molecule has 0 fully saturated rings. The van der Waals surface area contributed by atoms with E-state index in [2.05, 4.69) is 16.9 Å². The topological polar surface area (TPSA) is 17.8 Å². The van der Waals surface area contributed by atoms with Crippen LogP contribution in [0, 0.1) is 18.9 Å². The minimum Gasteiger partial charge on any atom is -0.265 e. The molecule has 2 heteroatoms. The standard InChI is InChI=1S/C12H10N2/c1-11-9-14(10-13-11)8-7-12-5-3-2-4-6-12/h2-6,9-10H,1H3. The van der Waals surface area contributed by atoms with E-state index in [1.54, 1.807) is 10.9 Å². The molecule has 0 radical (unpaired) electrons. The molecule has 0 saturated carbocycles. The van der Waals surface area contributed by atoms with E-state index >= 15 is 0 Å². The lowest BCUT2D eigenvalue weighted by molar-refractivity contribution is 1.11. The van der Waals surface area contributed by atoms with Crippen LogP contribution in [-0.4, -0.2) is 9.55 Å². The molecule has 2 nitrogen and oxygen atoms in total. The van der Waals surface area contributed by atoms with Gasteiger partial charge in [0, 0.05) is 17.8 Å². The summed E-state index contributed by atoms with van der Waals surface area (Å²) in [6.07, 6.45) is 3.61. The van der Waals surface area contributed by atoms with Crippen LogP contribution < -0.4 is 0 Å². The normalized spacial score (nSPS) is 9.21. The molecule has 0 spiro atoms. The molecule has 0 saturated heterocycles. The zero-order valence-corrected chi connectivity index (χ0v) is 7.94. The summed E-state index contributed by atoms with van der Waals surface area (Å²) in [5.41, 5.74) is 1.99. The fourth-order valence-corrected chi connectivity index (χ4v) is 1.13. The fraction of sp³-hybridized carbons (Fsp3) is 0.0833. The first kappa shape index (κ1) is 8.58. The second-order valence-corrected chi connectivity index (χ2v) is 3.03. The van der Waals surface area contributed by atoms with Crippen LogP contribution in [0.15, 0.2) is 42.9 Å². The first-order chi connectivity index (χ1) is 6.84. The molecule has 0 atom stereocenters. The van der Waals surface area contributed by atoms with Crippen molar-refractivity contribution in [1.29, 1.82) is 0 Å². The van der Waals surface area contributed by atoms with Crippen molar-refractivity contribution in [2.45, 2.75) is 6.92 Å². The first-order valence-electron chi connectivity index (χ1n) is 4.42. The Morgan fingerprint density at radius 3 is 2.64 bits per heavy atom. The lowest BCUT2D eigenvalue weighted by Gasteiger charge is -1.87. The molecule has 0 aliphatic rings. The van der Waals surface area contributed by atoms with Gasteiger partial charge in [-0.2, -0.15) is 0 Å². The minimum absolute atomic E-state index is 0.979. The van der Waals surface area contributed by atoms with E-state index in [-0.39, 0.29) is 0 Å². The molecular weight excluding hydrogens is 172 g/mol. The Morgan fingerprint density at radius 1 is 1.21 bits per heavy atom. The van der Waals surface area contributed by atoms with E-state index in [0.717, 1.165) is 11.3 Å². The van der Waals surface area contributed by atoms with Gasteiger partial charge in [-0.3, -0.25) is 4.57 Å². The summed E-state index contributed by atoms with van der Waals surface area (Å²) >= 11 is 0. The largest absolute Gasteiger partial charge is 0.265 e. The van der Waals surface area contributed by atoms with Gasteiger partial charge >= 0.3 is 0 Å². The summed E-state index contributed by atoms with van der Waals surface area (Å²) in [5.74, 6) is 3.05. The van der Waals surface area contributed by atoms with Crippen molar-refractivity contribution in [1.82, 2.24) is 9.55 Å². The fourth-order valence-electron chi connectivity index (χ4n) is 1.13. The summed E-state index contributed by atoms with van der Waals surface area (Å²) in [6, 6.07) is 12.9. The van der Waals surface area contributed by atoms with E-state index in [1.807, 2.05) is 43.5 Å². The first-order valence-corrected chi connectivity index (χ1v) is 4.42. The van der Waals surface area contributed by atoms with Gasteiger partial charge < -0.3 is 0 Å². The Bertz CT molecular complexity index is 472. The molecule has 68 valence electrons. The van der Waals surface area contributed by atoms with Gasteiger partial charge in [-0.05, 0) is 25.0 Å². The van der Waals surface area contributed by atoms with Crippen molar-refractivity contribution in [3.05, 3.63) is 54.1 Å². The average Bonchev–Trinajstić information content (AvgIpc) is 2.63. The van der Waals surface area contributed by atoms with Crippen molar-refractivity contribution in [3.63, 3.8) is 0 Å². The van der Waals surface area contributed by atoms with Crippen LogP contribution in [0.5, 0.6) is 0 Å². The number of nitrogens with zero attached hydrogens (tertiary/aromatic N) is 2. The molecule has 14 heavy (non-hydrogen) atoms. The molecule has 0 unspecified atom stereocenters. The van der Waals surface area contributed by atoms with E-state index in [4.69, 9.17) is 0 Å². The second kappa shape index (κ2) is 3.80. The van der Waals surface area contributed by atoms with Crippen LogP contribution >= 0.6 is 0 Å². The highest BCUT2D eigenvalue weighted by molar-refractivity contribution is 5.33. The van der Waals surface area contributed by atoms with Gasteiger partial charge in [0.1, 0.15) is 6.33 Å². The van der Waals surface area contributed by atoms with Gasteiger partial charge in [0.05, 0.1) is 5.69 Å². The Balaban J connectivity index is 2.23. The van der Waals surface area contributed by atoms with Crippen molar-refractivity contribution < 1.29 is 0 Å². The number of aryl methyl sites for hydroxylation is 1. The molecule has 0 aliphatic carbocycles. The smallest absolute Gasteiger partial charge is 0.107 e. The maximum absolute atomic E-state index is 4.09. The van der Waals surface area contributed by atoms with Gasteiger partial charge in [-0.15, -0.1) is 0 Å². The predicted molar refractivity (Wildman–Crippen MR) is 55.7 cm³/mol. The van der Waals surface area contributed by atoms with Crippen molar-refractivity contribution in [2.75, 3.05) is 0 Å². The molecule has 2 aromatic rings. The zero-order chi connectivity index (χ0) is 9.80. The van der Waals surface area contributed by atoms with Crippen LogP contribution in [0.4, 0.5) is 0 Å². The molecule has 0 amide bonds. The van der Waals surface area contributed by atoms with Crippen molar-refractivity contribution >= 4 is 0 Å². The quantitative estimate of drug-likeness (QED) is 0.570. The van der Waals surface area contributed by atoms with Gasteiger partial charge in [-0.1, -0.05) is 18.2 Å². The number of benzene rings is 1. The van der Waals surface area contributed by atoms with E-state index in [9.17, 15) is 0 Å². The molecule has 0 N–H and O–H groups in total. The third kappa shape index (κ3) is 2.02. The van der Waals surface area contributed by atoms with E-state index < -0.39 is 0 Å². The third-order valence-electron chi connectivity index (χ3n) is 1.81. The Morgan fingerprint density at radius 2 is 2.00 bits per heavy atom. The maximum atomic E-state index is 4.09. The predicted octanol–water partition coefficient (Wildman–Crippen LogP) is 2.05. The van der Waals surface area contributed by atoms with Crippen molar-refractivity contribution in [3.8, 4) is 12.0 Å². The monoisotopic (exact) mass is 182 g/mol. The van der Waals surface area contributed by atoms with Gasteiger partial charge in [0.2, 0.25) is 0 Å². The summed E-state index contributed by atoms with van der Waals surface area (Å²) in [5, 5.41) is 0. The van der Waals surface area contributed by atoms with Gasteiger partial charge in [0.25, 0.3) is 0 Å². The van der Waals surface area contributed by atoms with Gasteiger partial charge in [-0.25, -0.2) is 4.98 Å². The number of imidazole rings is 1. The van der Waals surface area contributed by atoms with Crippen LogP contribution in [0.3, 0.4) is 0 Å². The minimum atomic E-state index is 0.979. The van der Waals surface area contributed by atoms with Crippen LogP contribution in [0.1, 0.15) is 11.3 Å². The maximum Gasteiger partial charge on any atom is 0.107 e. The zero-order valence-electron chi connectivity index (χ0n) is 7.94. The summed E-state index contributed by atoms with van der Waals surface area (Å²) in [4.78, 5) is 4.09. The molecule has 2 rings (SSSR count). The van der Waals surface area contributed by atoms with Crippen LogP contribution in [0.2, 0.25) is 0 Å². The number of hydrogen-bond acceptors (Lipinski definition) is 1. The van der Waals surface area contributed by atoms with E-state index in [0.29, 0.717) is 0 Å². The molecule has 1 aromatic heterocycles.